The Morgan fingerprint density at radius 3 is 2.33 bits per heavy atom. The van der Waals surface area contributed by atoms with Crippen molar-refractivity contribution >= 4 is 12.1 Å². The first-order chi connectivity index (χ1) is 17.1. The van der Waals surface area contributed by atoms with E-state index >= 15 is 0 Å². The van der Waals surface area contributed by atoms with E-state index < -0.39 is 6.16 Å². The largest absolute Gasteiger partial charge is 0.508 e. The quantitative estimate of drug-likeness (QED) is 0.142. The van der Waals surface area contributed by atoms with E-state index in [9.17, 15) is 9.59 Å². The second kappa shape index (κ2) is 13.9. The molecular weight excluding hydrogens is 464 g/mol. The van der Waals surface area contributed by atoms with Gasteiger partial charge in [-0.25, -0.2) is 9.59 Å². The fraction of sp³-hybridized carbons (Fsp3) is 0.571. The van der Waals surface area contributed by atoms with Gasteiger partial charge in [0.05, 0.1) is 5.76 Å². The van der Waals surface area contributed by atoms with Crippen molar-refractivity contribution in [2.75, 3.05) is 33.0 Å². The van der Waals surface area contributed by atoms with Crippen molar-refractivity contribution in [3.05, 3.63) is 59.6 Å². The maximum atomic E-state index is 11.1. The van der Waals surface area contributed by atoms with Crippen molar-refractivity contribution in [3.8, 4) is 0 Å². The Hall–Kier alpha value is -3.00. The SMILES string of the molecule is C=C/C(=C\C=C(/C)C(C)(C)C(=CC)C[C@H](C)/C(=C\C)OCC1COC(=O)O1)OCC1COC(=O)CO1. The number of rotatable bonds is 13. The van der Waals surface area contributed by atoms with E-state index in [1.165, 1.54) is 5.57 Å². The molecule has 2 rings (SSSR count). The molecule has 2 heterocycles. The second-order valence-corrected chi connectivity index (χ2v) is 9.40. The molecule has 0 radical (unpaired) electrons. The lowest BCUT2D eigenvalue weighted by Crippen LogP contribution is -2.35. The number of hydrogen-bond donors (Lipinski definition) is 0. The minimum absolute atomic E-state index is 0.0542. The average molecular weight is 505 g/mol. The van der Waals surface area contributed by atoms with Crippen LogP contribution in [0.15, 0.2) is 59.6 Å². The molecule has 0 saturated carbocycles. The van der Waals surface area contributed by atoms with Gasteiger partial charge in [-0.3, -0.25) is 0 Å². The molecule has 3 atom stereocenters. The molecule has 0 aromatic rings. The molecule has 0 aromatic carbocycles. The number of allylic oxidation sites excluding steroid dienone is 8. The monoisotopic (exact) mass is 504 g/mol. The third kappa shape index (κ3) is 8.59. The van der Waals surface area contributed by atoms with E-state index in [0.717, 1.165) is 17.8 Å². The van der Waals surface area contributed by atoms with Crippen molar-refractivity contribution < 1.29 is 38.0 Å². The lowest BCUT2D eigenvalue weighted by molar-refractivity contribution is -0.171. The molecule has 2 aliphatic heterocycles. The van der Waals surface area contributed by atoms with Crippen LogP contribution in [0.4, 0.5) is 4.79 Å². The van der Waals surface area contributed by atoms with E-state index in [-0.39, 0.29) is 62.5 Å². The molecule has 36 heavy (non-hydrogen) atoms. The smallest absolute Gasteiger partial charge is 0.494 e. The fourth-order valence-corrected chi connectivity index (χ4v) is 3.90. The van der Waals surface area contributed by atoms with Gasteiger partial charge in [-0.1, -0.05) is 50.6 Å². The minimum atomic E-state index is -0.647. The van der Waals surface area contributed by atoms with Crippen LogP contribution in [0.25, 0.3) is 0 Å². The van der Waals surface area contributed by atoms with Gasteiger partial charge in [0.15, 0.2) is 6.10 Å². The second-order valence-electron chi connectivity index (χ2n) is 9.40. The van der Waals surface area contributed by atoms with Crippen LogP contribution in [0.5, 0.6) is 0 Å². The van der Waals surface area contributed by atoms with E-state index in [4.69, 9.17) is 28.4 Å². The molecule has 0 aliphatic carbocycles. The van der Waals surface area contributed by atoms with Crippen LogP contribution >= 0.6 is 0 Å². The summed E-state index contributed by atoms with van der Waals surface area (Å²) >= 11 is 0. The highest BCUT2D eigenvalue weighted by Crippen LogP contribution is 2.39. The summed E-state index contributed by atoms with van der Waals surface area (Å²) in [6.45, 7) is 17.3. The van der Waals surface area contributed by atoms with Gasteiger partial charge in [0.2, 0.25) is 0 Å². The van der Waals surface area contributed by atoms with Gasteiger partial charge < -0.3 is 28.4 Å². The summed E-state index contributed by atoms with van der Waals surface area (Å²) in [4.78, 5) is 22.2. The number of carbonyl (C=O) groups excluding carboxylic acids is 2. The summed E-state index contributed by atoms with van der Waals surface area (Å²) in [5.74, 6) is 1.25. The van der Waals surface area contributed by atoms with Crippen molar-refractivity contribution in [1.29, 1.82) is 0 Å². The zero-order valence-corrected chi connectivity index (χ0v) is 22.3. The Balaban J connectivity index is 1.97. The summed E-state index contributed by atoms with van der Waals surface area (Å²) in [5, 5.41) is 0. The molecule has 0 amide bonds. The van der Waals surface area contributed by atoms with Crippen LogP contribution in [0, 0.1) is 11.3 Å². The van der Waals surface area contributed by atoms with Crippen LogP contribution in [-0.4, -0.2) is 57.4 Å². The molecule has 0 bridgehead atoms. The van der Waals surface area contributed by atoms with Crippen molar-refractivity contribution in [3.63, 3.8) is 0 Å². The third-order valence-corrected chi connectivity index (χ3v) is 6.52. The zero-order chi connectivity index (χ0) is 26.7. The summed E-state index contributed by atoms with van der Waals surface area (Å²) < 4.78 is 32.0. The Morgan fingerprint density at radius 1 is 1.08 bits per heavy atom. The van der Waals surface area contributed by atoms with Gasteiger partial charge >= 0.3 is 12.1 Å². The highest BCUT2D eigenvalue weighted by Gasteiger charge is 2.29. The Labute approximate surface area is 214 Å². The molecule has 2 unspecified atom stereocenters. The average Bonchev–Trinajstić information content (AvgIpc) is 3.28. The molecule has 8 nitrogen and oxygen atoms in total. The lowest BCUT2D eigenvalue weighted by Gasteiger charge is -2.32. The van der Waals surface area contributed by atoms with Crippen molar-refractivity contribution in [2.24, 2.45) is 11.3 Å². The van der Waals surface area contributed by atoms with Crippen molar-refractivity contribution in [1.82, 2.24) is 0 Å². The molecule has 2 aliphatic rings. The molecule has 200 valence electrons. The highest BCUT2D eigenvalue weighted by molar-refractivity contribution is 5.71. The lowest BCUT2D eigenvalue weighted by atomic mass is 9.74. The van der Waals surface area contributed by atoms with Crippen LogP contribution in [0.2, 0.25) is 0 Å². The molecule has 2 saturated heterocycles. The van der Waals surface area contributed by atoms with Gasteiger partial charge in [-0.05, 0) is 45.4 Å². The highest BCUT2D eigenvalue weighted by atomic mass is 16.8. The fourth-order valence-electron chi connectivity index (χ4n) is 3.90. The van der Waals surface area contributed by atoms with Gasteiger partial charge in [-0.2, -0.15) is 0 Å². The standard InChI is InChI=1S/C28H40O8/c1-8-21(13-19(4)25(10-3)33-16-24-17-35-27(30)36-24)28(6,7)20(5)11-12-22(9-2)31-14-23-15-34-26(29)18-32-23/h8-12,19,23-24H,2,13-18H2,1,3-7H3/b20-11+,21-8?,22-12+,25-10+/t19-,23?,24?/m0/s1. The Morgan fingerprint density at radius 2 is 1.78 bits per heavy atom. The van der Waals surface area contributed by atoms with Crippen LogP contribution in [-0.2, 0) is 33.2 Å². The Bertz CT molecular complexity index is 899. The first-order valence-electron chi connectivity index (χ1n) is 12.3. The van der Waals surface area contributed by atoms with Gasteiger partial charge in [-0.15, -0.1) is 0 Å². The van der Waals surface area contributed by atoms with Crippen LogP contribution < -0.4 is 0 Å². The van der Waals surface area contributed by atoms with E-state index in [0.29, 0.717) is 5.76 Å². The predicted octanol–water partition coefficient (Wildman–Crippen LogP) is 5.42. The molecule has 0 spiro atoms. The molecule has 8 heteroatoms. The minimum Gasteiger partial charge on any atom is -0.494 e. The van der Waals surface area contributed by atoms with E-state index in [1.807, 2.05) is 32.1 Å². The Kier molecular flexibility index (Phi) is 11.3. The third-order valence-electron chi connectivity index (χ3n) is 6.52. The molecule has 0 N–H and O–H groups in total. The summed E-state index contributed by atoms with van der Waals surface area (Å²) in [6, 6.07) is 0. The summed E-state index contributed by atoms with van der Waals surface area (Å²) in [6.07, 6.45) is 9.17. The van der Waals surface area contributed by atoms with E-state index in [1.54, 1.807) is 6.08 Å². The zero-order valence-electron chi connectivity index (χ0n) is 22.3. The van der Waals surface area contributed by atoms with Crippen LogP contribution in [0.1, 0.15) is 48.0 Å². The van der Waals surface area contributed by atoms with Gasteiger partial charge in [0.1, 0.15) is 44.9 Å². The molecular formula is C28H40O8. The number of carbonyl (C=O) groups is 2. The van der Waals surface area contributed by atoms with Gasteiger partial charge in [0.25, 0.3) is 0 Å². The first-order valence-corrected chi connectivity index (χ1v) is 12.3. The van der Waals surface area contributed by atoms with Crippen molar-refractivity contribution in [2.45, 2.75) is 60.2 Å². The number of cyclic esters (lactones) is 3. The predicted molar refractivity (Wildman–Crippen MR) is 136 cm³/mol. The van der Waals surface area contributed by atoms with E-state index in [2.05, 4.69) is 40.3 Å². The van der Waals surface area contributed by atoms with Gasteiger partial charge in [0, 0.05) is 11.3 Å². The maximum absolute atomic E-state index is 11.1. The molecule has 2 fully saturated rings. The topological polar surface area (TPSA) is 89.5 Å². The van der Waals surface area contributed by atoms with Crippen LogP contribution in [0.3, 0.4) is 0 Å². The maximum Gasteiger partial charge on any atom is 0.508 e. The number of ether oxygens (including phenoxy) is 6. The first kappa shape index (κ1) is 29.2. The summed E-state index contributed by atoms with van der Waals surface area (Å²) in [7, 11) is 0. The normalized spacial score (nSPS) is 22.9. The summed E-state index contributed by atoms with van der Waals surface area (Å²) in [5.41, 5.74) is 2.22. The number of hydrogen-bond acceptors (Lipinski definition) is 8. The number of esters is 1. The molecule has 0 aromatic heterocycles.